The number of fused-ring (bicyclic) bond motifs is 1. The van der Waals surface area contributed by atoms with Crippen molar-refractivity contribution in [2.45, 2.75) is 58.4 Å². The second-order valence-corrected chi connectivity index (χ2v) is 8.57. The summed E-state index contributed by atoms with van der Waals surface area (Å²) in [6.45, 7) is 6.06. The van der Waals surface area contributed by atoms with E-state index in [4.69, 9.17) is 9.72 Å². The molecular formula is C21H25F3N6O2S. The molecule has 0 spiro atoms. The minimum absolute atomic E-state index is 0.104. The molecule has 0 aromatic carbocycles. The molecule has 178 valence electrons. The highest BCUT2D eigenvalue weighted by Gasteiger charge is 2.35. The number of thiazole rings is 1. The summed E-state index contributed by atoms with van der Waals surface area (Å²) in [6, 6.07) is 0.196. The van der Waals surface area contributed by atoms with E-state index in [1.807, 2.05) is 18.5 Å². The molecule has 1 amide bonds. The molecule has 0 radical (unpaired) electrons. The Morgan fingerprint density at radius 3 is 2.67 bits per heavy atom. The Bertz CT molecular complexity index is 1140. The summed E-state index contributed by atoms with van der Waals surface area (Å²) >= 11 is 0.403. The number of hydrogen-bond acceptors (Lipinski definition) is 7. The monoisotopic (exact) mass is 482 g/mol. The normalized spacial score (nSPS) is 15.2. The smallest absolute Gasteiger partial charge is 0.381 e. The molecule has 0 bridgehead atoms. The van der Waals surface area contributed by atoms with Gasteiger partial charge in [0, 0.05) is 49.0 Å². The van der Waals surface area contributed by atoms with E-state index >= 15 is 0 Å². The van der Waals surface area contributed by atoms with Crippen LogP contribution in [0.2, 0.25) is 0 Å². The minimum Gasteiger partial charge on any atom is -0.381 e. The number of pyridine rings is 1. The second kappa shape index (κ2) is 9.64. The fourth-order valence-electron chi connectivity index (χ4n) is 3.87. The quantitative estimate of drug-likeness (QED) is 0.529. The maximum absolute atomic E-state index is 12.9. The van der Waals surface area contributed by atoms with Crippen molar-refractivity contribution in [3.63, 3.8) is 0 Å². The molecule has 0 saturated carbocycles. The highest BCUT2D eigenvalue weighted by atomic mass is 32.1. The fraction of sp³-hybridized carbons (Fsp3) is 0.524. The average Bonchev–Trinajstić information content (AvgIpc) is 3.46. The number of carbonyl (C=O) groups is 1. The molecule has 33 heavy (non-hydrogen) atoms. The van der Waals surface area contributed by atoms with Gasteiger partial charge in [-0.05, 0) is 26.2 Å². The molecular weight excluding hydrogens is 457 g/mol. The Morgan fingerprint density at radius 2 is 2.03 bits per heavy atom. The maximum Gasteiger partial charge on any atom is 0.443 e. The number of nitrogens with one attached hydrogen (secondary N) is 2. The summed E-state index contributed by atoms with van der Waals surface area (Å²) in [7, 11) is 0. The topological polar surface area (TPSA) is 94.0 Å². The van der Waals surface area contributed by atoms with Crippen molar-refractivity contribution in [2.24, 2.45) is 0 Å². The Balaban J connectivity index is 1.65. The summed E-state index contributed by atoms with van der Waals surface area (Å²) < 4.78 is 45.8. The van der Waals surface area contributed by atoms with E-state index in [9.17, 15) is 18.0 Å². The lowest BCUT2D eigenvalue weighted by atomic mass is 10.0. The molecule has 4 heterocycles. The summed E-state index contributed by atoms with van der Waals surface area (Å²) in [5.74, 6) is -0.662. The summed E-state index contributed by atoms with van der Waals surface area (Å²) in [5, 5.41) is 11.7. The lowest BCUT2D eigenvalue weighted by Crippen LogP contribution is -2.30. The number of aryl methyl sites for hydroxylation is 2. The molecule has 0 aliphatic carbocycles. The minimum atomic E-state index is -4.58. The van der Waals surface area contributed by atoms with Gasteiger partial charge < -0.3 is 15.4 Å². The van der Waals surface area contributed by atoms with Gasteiger partial charge in [0.25, 0.3) is 5.91 Å². The number of ether oxygens (including phenoxy) is 1. The summed E-state index contributed by atoms with van der Waals surface area (Å²) in [5.41, 5.74) is 2.94. The lowest BCUT2D eigenvalue weighted by molar-refractivity contribution is -0.137. The highest BCUT2D eigenvalue weighted by Crippen LogP contribution is 2.33. The highest BCUT2D eigenvalue weighted by molar-refractivity contribution is 7.09. The van der Waals surface area contributed by atoms with Crippen molar-refractivity contribution in [1.29, 1.82) is 0 Å². The van der Waals surface area contributed by atoms with E-state index in [0.717, 1.165) is 46.2 Å². The van der Waals surface area contributed by atoms with Crippen LogP contribution in [0.5, 0.6) is 0 Å². The van der Waals surface area contributed by atoms with E-state index < -0.39 is 17.1 Å². The van der Waals surface area contributed by atoms with E-state index in [0.29, 0.717) is 37.5 Å². The van der Waals surface area contributed by atoms with Gasteiger partial charge in [-0.25, -0.2) is 14.6 Å². The third-order valence-corrected chi connectivity index (χ3v) is 6.47. The molecule has 4 rings (SSSR count). The Labute approximate surface area is 192 Å². The van der Waals surface area contributed by atoms with Crippen molar-refractivity contribution < 1.29 is 22.7 Å². The first-order chi connectivity index (χ1) is 15.8. The fourth-order valence-corrected chi connectivity index (χ4v) is 4.54. The van der Waals surface area contributed by atoms with Crippen molar-refractivity contribution in [3.05, 3.63) is 33.5 Å². The Kier molecular flexibility index (Phi) is 6.84. The zero-order chi connectivity index (χ0) is 23.6. The van der Waals surface area contributed by atoms with Crippen molar-refractivity contribution in [1.82, 2.24) is 25.1 Å². The predicted octanol–water partition coefficient (Wildman–Crippen LogP) is 4.01. The van der Waals surface area contributed by atoms with Crippen molar-refractivity contribution in [2.75, 3.05) is 18.5 Å². The molecule has 1 fully saturated rings. The second-order valence-electron chi connectivity index (χ2n) is 7.71. The first-order valence-corrected chi connectivity index (χ1v) is 11.7. The van der Waals surface area contributed by atoms with Crippen LogP contribution in [-0.2, 0) is 30.4 Å². The molecule has 1 aliphatic heterocycles. The molecule has 8 nitrogen and oxygen atoms in total. The van der Waals surface area contributed by atoms with Gasteiger partial charge in [-0.3, -0.25) is 4.79 Å². The molecule has 0 unspecified atom stereocenters. The number of rotatable bonds is 7. The number of hydrogen-bond donors (Lipinski definition) is 2. The lowest BCUT2D eigenvalue weighted by Gasteiger charge is -2.26. The first-order valence-electron chi connectivity index (χ1n) is 10.8. The SMILES string of the molecule is CCc1nc2c(cnn2CC)c(NC2CCOCC2)c1CNC(=O)c1csc(C(F)(F)F)n1. The van der Waals surface area contributed by atoms with Crippen molar-refractivity contribution in [3.8, 4) is 0 Å². The van der Waals surface area contributed by atoms with Gasteiger partial charge in [0.1, 0.15) is 5.69 Å². The van der Waals surface area contributed by atoms with Crippen LogP contribution in [0.15, 0.2) is 11.6 Å². The van der Waals surface area contributed by atoms with Gasteiger partial charge in [0.2, 0.25) is 0 Å². The van der Waals surface area contributed by atoms with Crippen LogP contribution in [-0.4, -0.2) is 44.9 Å². The first kappa shape index (κ1) is 23.4. The van der Waals surface area contributed by atoms with E-state index in [1.54, 1.807) is 6.20 Å². The van der Waals surface area contributed by atoms with Crippen LogP contribution in [0.25, 0.3) is 11.0 Å². The van der Waals surface area contributed by atoms with Crippen LogP contribution < -0.4 is 10.6 Å². The van der Waals surface area contributed by atoms with Crippen molar-refractivity contribution >= 4 is 34.0 Å². The molecule has 0 atom stereocenters. The van der Waals surface area contributed by atoms with Gasteiger partial charge in [0.05, 0.1) is 17.3 Å². The maximum atomic E-state index is 12.9. The Morgan fingerprint density at radius 1 is 1.27 bits per heavy atom. The van der Waals surface area contributed by atoms with E-state index in [-0.39, 0.29) is 18.3 Å². The number of anilines is 1. The number of halogens is 3. The molecule has 12 heteroatoms. The number of amides is 1. The standard InChI is InChI=1S/C21H25F3N6O2S/c1-3-15-13(9-25-19(31)16-11-33-20(29-16)21(22,23)24)17(27-12-5-7-32-8-6-12)14-10-26-30(4-2)18(14)28-15/h10-12H,3-9H2,1-2H3,(H,25,31)(H,27,28). The van der Waals surface area contributed by atoms with Gasteiger partial charge in [-0.2, -0.15) is 18.3 Å². The third-order valence-electron chi connectivity index (χ3n) is 5.58. The van der Waals surface area contributed by atoms with Crippen LogP contribution in [0, 0.1) is 0 Å². The number of aromatic nitrogens is 4. The zero-order valence-electron chi connectivity index (χ0n) is 18.3. The van der Waals surface area contributed by atoms with Crippen LogP contribution in [0.4, 0.5) is 18.9 Å². The summed E-state index contributed by atoms with van der Waals surface area (Å²) in [6.07, 6.45) is -0.508. The largest absolute Gasteiger partial charge is 0.443 e. The van der Waals surface area contributed by atoms with Crippen LogP contribution >= 0.6 is 11.3 Å². The van der Waals surface area contributed by atoms with Crippen LogP contribution in [0.1, 0.15) is 53.4 Å². The average molecular weight is 483 g/mol. The zero-order valence-corrected chi connectivity index (χ0v) is 19.1. The van der Waals surface area contributed by atoms with Crippen LogP contribution in [0.3, 0.4) is 0 Å². The summed E-state index contributed by atoms with van der Waals surface area (Å²) in [4.78, 5) is 20.8. The van der Waals surface area contributed by atoms with E-state index in [2.05, 4.69) is 20.7 Å². The number of alkyl halides is 3. The van der Waals surface area contributed by atoms with E-state index in [1.165, 1.54) is 0 Å². The molecule has 3 aromatic heterocycles. The molecule has 2 N–H and O–H groups in total. The third kappa shape index (κ3) is 4.96. The molecule has 1 saturated heterocycles. The molecule has 3 aromatic rings. The predicted molar refractivity (Wildman–Crippen MR) is 118 cm³/mol. The Hall–Kier alpha value is -2.73. The van der Waals surface area contributed by atoms with Gasteiger partial charge in [-0.1, -0.05) is 6.92 Å². The number of nitrogens with zero attached hydrogens (tertiary/aromatic N) is 4. The van der Waals surface area contributed by atoms with Gasteiger partial charge in [0.15, 0.2) is 10.7 Å². The van der Waals surface area contributed by atoms with Gasteiger partial charge in [-0.15, -0.1) is 11.3 Å². The number of carbonyl (C=O) groups excluding carboxylic acids is 1. The molecule has 1 aliphatic rings. The van der Waals surface area contributed by atoms with Gasteiger partial charge >= 0.3 is 6.18 Å².